The number of hydrogen-bond acceptors (Lipinski definition) is 6. The van der Waals surface area contributed by atoms with E-state index in [4.69, 9.17) is 10.1 Å². The minimum atomic E-state index is -0.289. The summed E-state index contributed by atoms with van der Waals surface area (Å²) in [7, 11) is 1.84. The Morgan fingerprint density at radius 1 is 1.30 bits per heavy atom. The van der Waals surface area contributed by atoms with Crippen molar-refractivity contribution in [2.75, 3.05) is 23.8 Å². The average molecular weight is 433 g/mol. The summed E-state index contributed by atoms with van der Waals surface area (Å²) in [5.74, 6) is 0.409. The molecule has 1 amide bonds. The van der Waals surface area contributed by atoms with Gasteiger partial charge in [-0.25, -0.2) is 9.37 Å². The van der Waals surface area contributed by atoms with E-state index in [-0.39, 0.29) is 29.8 Å². The molecule has 2 aromatic heterocycles. The third kappa shape index (κ3) is 5.08. The highest BCUT2D eigenvalue weighted by Crippen LogP contribution is 2.34. The van der Waals surface area contributed by atoms with E-state index in [0.29, 0.717) is 15.8 Å². The fourth-order valence-electron chi connectivity index (χ4n) is 2.87. The van der Waals surface area contributed by atoms with Crippen molar-refractivity contribution in [3.05, 3.63) is 30.1 Å². The lowest BCUT2D eigenvalue weighted by Gasteiger charge is -2.22. The van der Waals surface area contributed by atoms with Crippen LogP contribution in [0.25, 0.3) is 16.2 Å². The summed E-state index contributed by atoms with van der Waals surface area (Å²) in [4.78, 5) is 19.5. The normalized spacial score (nSPS) is 12.8. The second-order valence-corrected chi connectivity index (χ2v) is 9.44. The number of fused-ring (bicyclic) bond motifs is 1. The van der Waals surface area contributed by atoms with Crippen LogP contribution >= 0.6 is 11.3 Å². The van der Waals surface area contributed by atoms with E-state index in [2.05, 4.69) is 31.4 Å². The number of imidazole rings is 1. The van der Waals surface area contributed by atoms with Gasteiger partial charge in [-0.2, -0.15) is 4.52 Å². The minimum Gasteiger partial charge on any atom is -0.364 e. The quantitative estimate of drug-likeness (QED) is 0.586. The molecule has 1 atom stereocenters. The van der Waals surface area contributed by atoms with Gasteiger partial charge < -0.3 is 15.5 Å². The van der Waals surface area contributed by atoms with Gasteiger partial charge in [0.15, 0.2) is 5.82 Å². The summed E-state index contributed by atoms with van der Waals surface area (Å²) in [6.07, 6.45) is 0.883. The number of anilines is 2. The molecular weight excluding hydrogens is 403 g/mol. The maximum absolute atomic E-state index is 13.4. The van der Waals surface area contributed by atoms with Crippen LogP contribution in [0.15, 0.2) is 24.3 Å². The van der Waals surface area contributed by atoms with Gasteiger partial charge in [-0.3, -0.25) is 4.79 Å². The zero-order chi connectivity index (χ0) is 22.1. The minimum absolute atomic E-state index is 0.0419. The molecule has 30 heavy (non-hydrogen) atoms. The van der Waals surface area contributed by atoms with Gasteiger partial charge in [0.25, 0.3) is 0 Å². The number of amides is 1. The van der Waals surface area contributed by atoms with E-state index in [1.54, 1.807) is 16.6 Å². The average Bonchev–Trinajstić information content (AvgIpc) is 3.20. The number of likely N-dealkylation sites (N-methyl/N-ethyl adjacent to an activating group) is 1. The SMILES string of the molecule is CCC(C)NC(=O)CN(C)c1nn2c(NC(C)(C)C)c(-c3ccc(F)cc3)nc2s1. The van der Waals surface area contributed by atoms with E-state index in [0.717, 1.165) is 17.8 Å². The molecule has 9 heteroatoms. The van der Waals surface area contributed by atoms with Crippen LogP contribution in [0.5, 0.6) is 0 Å². The highest BCUT2D eigenvalue weighted by molar-refractivity contribution is 7.20. The molecule has 0 saturated heterocycles. The maximum atomic E-state index is 13.4. The van der Waals surface area contributed by atoms with Crippen molar-refractivity contribution in [1.82, 2.24) is 19.9 Å². The first-order valence-electron chi connectivity index (χ1n) is 10.0. The molecule has 1 unspecified atom stereocenters. The molecule has 2 N–H and O–H groups in total. The molecule has 7 nitrogen and oxygen atoms in total. The fourth-order valence-corrected chi connectivity index (χ4v) is 3.74. The van der Waals surface area contributed by atoms with Crippen molar-refractivity contribution >= 4 is 33.2 Å². The molecule has 162 valence electrons. The third-order valence-electron chi connectivity index (χ3n) is 4.53. The highest BCUT2D eigenvalue weighted by atomic mass is 32.1. The molecule has 0 radical (unpaired) electrons. The Labute approximate surface area is 180 Å². The van der Waals surface area contributed by atoms with Crippen molar-refractivity contribution in [2.45, 2.75) is 52.6 Å². The predicted octanol–water partition coefficient (Wildman–Crippen LogP) is 4.16. The highest BCUT2D eigenvalue weighted by Gasteiger charge is 2.23. The number of carbonyl (C=O) groups excluding carboxylic acids is 1. The zero-order valence-electron chi connectivity index (χ0n) is 18.3. The first-order valence-corrected chi connectivity index (χ1v) is 10.8. The summed E-state index contributed by atoms with van der Waals surface area (Å²) in [5, 5.41) is 11.8. The fraction of sp³-hybridized carbons (Fsp3) is 0.476. The van der Waals surface area contributed by atoms with Crippen molar-refractivity contribution in [3.63, 3.8) is 0 Å². The molecule has 0 fully saturated rings. The van der Waals surface area contributed by atoms with Crippen LogP contribution in [0, 0.1) is 5.82 Å². The summed E-state index contributed by atoms with van der Waals surface area (Å²) in [5.41, 5.74) is 1.30. The molecule has 0 aliphatic rings. The Bertz CT molecular complexity index is 1020. The van der Waals surface area contributed by atoms with Gasteiger partial charge >= 0.3 is 0 Å². The van der Waals surface area contributed by atoms with E-state index in [9.17, 15) is 9.18 Å². The number of aromatic nitrogens is 3. The molecule has 3 rings (SSSR count). The van der Waals surface area contributed by atoms with Gasteiger partial charge in [0.2, 0.25) is 16.0 Å². The van der Waals surface area contributed by atoms with Crippen LogP contribution in [-0.4, -0.2) is 45.7 Å². The second-order valence-electron chi connectivity index (χ2n) is 8.50. The number of carbonyl (C=O) groups is 1. The van der Waals surface area contributed by atoms with E-state index < -0.39 is 0 Å². The second kappa shape index (κ2) is 8.59. The summed E-state index contributed by atoms with van der Waals surface area (Å²) < 4.78 is 15.1. The lowest BCUT2D eigenvalue weighted by atomic mass is 10.1. The van der Waals surface area contributed by atoms with Crippen LogP contribution in [-0.2, 0) is 4.79 Å². The van der Waals surface area contributed by atoms with Crippen molar-refractivity contribution in [1.29, 1.82) is 0 Å². The molecule has 0 aliphatic carbocycles. The number of halogens is 1. The maximum Gasteiger partial charge on any atom is 0.239 e. The van der Waals surface area contributed by atoms with E-state index >= 15 is 0 Å². The molecule has 0 saturated carbocycles. The van der Waals surface area contributed by atoms with Gasteiger partial charge in [0, 0.05) is 24.2 Å². The van der Waals surface area contributed by atoms with Gasteiger partial charge in [-0.15, -0.1) is 5.10 Å². The molecule has 0 spiro atoms. The Kier molecular flexibility index (Phi) is 6.30. The lowest BCUT2D eigenvalue weighted by molar-refractivity contribution is -0.120. The number of benzene rings is 1. The molecule has 3 aromatic rings. The number of nitrogens with one attached hydrogen (secondary N) is 2. The van der Waals surface area contributed by atoms with Crippen molar-refractivity contribution < 1.29 is 9.18 Å². The molecule has 2 heterocycles. The Balaban J connectivity index is 1.93. The Morgan fingerprint density at radius 2 is 1.97 bits per heavy atom. The Morgan fingerprint density at radius 3 is 2.57 bits per heavy atom. The number of rotatable bonds is 7. The predicted molar refractivity (Wildman–Crippen MR) is 121 cm³/mol. The zero-order valence-corrected chi connectivity index (χ0v) is 19.1. The van der Waals surface area contributed by atoms with Crippen LogP contribution in [0.2, 0.25) is 0 Å². The largest absolute Gasteiger partial charge is 0.364 e. The molecule has 1 aromatic carbocycles. The molecule has 0 aliphatic heterocycles. The lowest BCUT2D eigenvalue weighted by Crippen LogP contribution is -2.39. The first kappa shape index (κ1) is 22.0. The number of nitrogens with zero attached hydrogens (tertiary/aromatic N) is 4. The first-order chi connectivity index (χ1) is 14.1. The summed E-state index contributed by atoms with van der Waals surface area (Å²) in [6, 6.07) is 6.41. The topological polar surface area (TPSA) is 74.6 Å². The van der Waals surface area contributed by atoms with Gasteiger partial charge in [-0.1, -0.05) is 18.3 Å². The van der Waals surface area contributed by atoms with Gasteiger partial charge in [0.1, 0.15) is 11.5 Å². The van der Waals surface area contributed by atoms with Crippen LogP contribution < -0.4 is 15.5 Å². The van der Waals surface area contributed by atoms with Crippen LogP contribution in [0.4, 0.5) is 15.3 Å². The molecular formula is C21H29FN6OS. The van der Waals surface area contributed by atoms with Gasteiger partial charge in [0.05, 0.1) is 6.54 Å². The van der Waals surface area contributed by atoms with E-state index in [1.165, 1.54) is 23.5 Å². The molecule has 0 bridgehead atoms. The monoisotopic (exact) mass is 432 g/mol. The van der Waals surface area contributed by atoms with Crippen molar-refractivity contribution in [3.8, 4) is 11.3 Å². The van der Waals surface area contributed by atoms with Gasteiger partial charge in [-0.05, 0) is 58.4 Å². The number of hydrogen-bond donors (Lipinski definition) is 2. The van der Waals surface area contributed by atoms with E-state index in [1.807, 2.05) is 25.8 Å². The van der Waals surface area contributed by atoms with Crippen LogP contribution in [0.1, 0.15) is 41.0 Å². The standard InChI is InChI=1S/C21H29FN6OS/c1-7-13(2)23-16(29)12-27(6)20-26-28-18(25-21(3,4)5)17(24-19(28)30-20)14-8-10-15(22)11-9-14/h8-11,13,25H,7,12H2,1-6H3,(H,23,29). The summed E-state index contributed by atoms with van der Waals surface area (Å²) >= 11 is 1.40. The Hall–Kier alpha value is -2.68. The summed E-state index contributed by atoms with van der Waals surface area (Å²) in [6.45, 7) is 10.4. The third-order valence-corrected chi connectivity index (χ3v) is 5.55. The van der Waals surface area contributed by atoms with Crippen molar-refractivity contribution in [2.24, 2.45) is 0 Å². The van der Waals surface area contributed by atoms with Crippen LogP contribution in [0.3, 0.4) is 0 Å². The smallest absolute Gasteiger partial charge is 0.239 e.